The van der Waals surface area contributed by atoms with E-state index >= 15 is 0 Å². The molecule has 0 N–H and O–H groups in total. The van der Waals surface area contributed by atoms with Crippen LogP contribution in [-0.2, 0) is 23.8 Å². The summed E-state index contributed by atoms with van der Waals surface area (Å²) in [5, 5.41) is 0. The maximum atomic E-state index is 11.7. The van der Waals surface area contributed by atoms with Crippen molar-refractivity contribution in [3.05, 3.63) is 11.6 Å². The van der Waals surface area contributed by atoms with Crippen LogP contribution in [0.15, 0.2) is 11.6 Å². The van der Waals surface area contributed by atoms with Crippen molar-refractivity contribution in [3.8, 4) is 0 Å². The molecule has 0 radical (unpaired) electrons. The van der Waals surface area contributed by atoms with Crippen LogP contribution in [0, 0.1) is 5.92 Å². The zero-order valence-corrected chi connectivity index (χ0v) is 13.1. The number of hydrogen-bond acceptors (Lipinski definition) is 5. The van der Waals surface area contributed by atoms with Crippen LogP contribution >= 0.6 is 0 Å². The van der Waals surface area contributed by atoms with Crippen molar-refractivity contribution in [1.29, 1.82) is 0 Å². The summed E-state index contributed by atoms with van der Waals surface area (Å²) in [5.41, 5.74) is 0.851. The Kier molecular flexibility index (Phi) is 9.94. The molecule has 0 spiro atoms. The number of Topliss-reactive ketones (excluding diaryl/α,β-unsaturated/α-hetero) is 1. The summed E-state index contributed by atoms with van der Waals surface area (Å²) < 4.78 is 15.8. The lowest BCUT2D eigenvalue weighted by atomic mass is 10.00. The summed E-state index contributed by atoms with van der Waals surface area (Å²) in [6.45, 7) is 10.1. The molecular weight excluding hydrogens is 260 g/mol. The first-order valence-corrected chi connectivity index (χ1v) is 7.04. The van der Waals surface area contributed by atoms with Gasteiger partial charge < -0.3 is 14.2 Å². The third-order valence-corrected chi connectivity index (χ3v) is 2.75. The van der Waals surface area contributed by atoms with Crippen LogP contribution in [0.2, 0.25) is 0 Å². The molecule has 0 aliphatic rings. The minimum Gasteiger partial charge on any atom is -0.465 e. The largest absolute Gasteiger partial charge is 0.465 e. The monoisotopic (exact) mass is 286 g/mol. The topological polar surface area (TPSA) is 61.8 Å². The molecule has 0 heterocycles. The Morgan fingerprint density at radius 3 is 1.95 bits per heavy atom. The first-order valence-electron chi connectivity index (χ1n) is 7.04. The average Bonchev–Trinajstić information content (AvgIpc) is 2.38. The summed E-state index contributed by atoms with van der Waals surface area (Å²) in [6, 6.07) is 0. The molecule has 1 atom stereocenters. The molecule has 5 heteroatoms. The highest BCUT2D eigenvalue weighted by Crippen LogP contribution is 2.14. The molecule has 0 aliphatic carbocycles. The van der Waals surface area contributed by atoms with Crippen molar-refractivity contribution in [2.24, 2.45) is 5.92 Å². The molecule has 0 saturated carbocycles. The number of ether oxygens (including phenoxy) is 3. The Morgan fingerprint density at radius 2 is 1.55 bits per heavy atom. The number of allylic oxidation sites excluding steroid dienone is 1. The molecule has 0 rings (SSSR count). The number of esters is 1. The second-order valence-electron chi connectivity index (χ2n) is 4.34. The maximum absolute atomic E-state index is 11.7. The lowest BCUT2D eigenvalue weighted by molar-refractivity contribution is -0.151. The summed E-state index contributed by atoms with van der Waals surface area (Å²) in [7, 11) is 0. The van der Waals surface area contributed by atoms with Gasteiger partial charge in [0.15, 0.2) is 6.29 Å². The Labute approximate surface area is 121 Å². The van der Waals surface area contributed by atoms with Crippen LogP contribution in [-0.4, -0.2) is 37.9 Å². The third kappa shape index (κ3) is 6.82. The Bertz CT molecular complexity index is 329. The van der Waals surface area contributed by atoms with Gasteiger partial charge in [-0.25, -0.2) is 0 Å². The molecule has 0 fully saturated rings. The van der Waals surface area contributed by atoms with Gasteiger partial charge in [0.1, 0.15) is 11.7 Å². The summed E-state index contributed by atoms with van der Waals surface area (Å²) in [4.78, 5) is 23.2. The lowest BCUT2D eigenvalue weighted by Gasteiger charge is -2.18. The lowest BCUT2D eigenvalue weighted by Crippen LogP contribution is -2.24. The number of rotatable bonds is 10. The van der Waals surface area contributed by atoms with E-state index in [2.05, 4.69) is 0 Å². The highest BCUT2D eigenvalue weighted by molar-refractivity contribution is 5.97. The Balaban J connectivity index is 4.74. The van der Waals surface area contributed by atoms with Crippen LogP contribution in [0.5, 0.6) is 0 Å². The first-order chi connectivity index (χ1) is 9.47. The van der Waals surface area contributed by atoms with E-state index in [1.54, 1.807) is 13.0 Å². The SMILES string of the molecule is CCOC(=O)C(CC=C(C)C(OCC)OCC)C(C)=O. The van der Waals surface area contributed by atoms with Gasteiger partial charge in [-0.3, -0.25) is 9.59 Å². The molecule has 5 nitrogen and oxygen atoms in total. The second kappa shape index (κ2) is 10.6. The predicted octanol–water partition coefficient (Wildman–Crippen LogP) is 2.49. The van der Waals surface area contributed by atoms with E-state index in [1.807, 2.05) is 20.8 Å². The fraction of sp³-hybridized carbons (Fsp3) is 0.733. The van der Waals surface area contributed by atoms with Gasteiger partial charge in [0.25, 0.3) is 0 Å². The van der Waals surface area contributed by atoms with Crippen molar-refractivity contribution in [2.45, 2.75) is 47.3 Å². The molecule has 0 bridgehead atoms. The van der Waals surface area contributed by atoms with Crippen molar-refractivity contribution in [1.82, 2.24) is 0 Å². The van der Waals surface area contributed by atoms with E-state index in [-0.39, 0.29) is 12.4 Å². The standard InChI is InChI=1S/C15H26O5/c1-6-18-14(17)13(12(5)16)10-9-11(4)15(19-7-2)20-8-3/h9,13,15H,6-8,10H2,1-5H3. The van der Waals surface area contributed by atoms with Gasteiger partial charge in [-0.05, 0) is 46.6 Å². The van der Waals surface area contributed by atoms with Crippen molar-refractivity contribution >= 4 is 11.8 Å². The smallest absolute Gasteiger partial charge is 0.316 e. The van der Waals surface area contributed by atoms with Gasteiger partial charge in [-0.2, -0.15) is 0 Å². The molecule has 0 aliphatic heterocycles. The molecule has 20 heavy (non-hydrogen) atoms. The third-order valence-electron chi connectivity index (χ3n) is 2.75. The van der Waals surface area contributed by atoms with Crippen LogP contribution in [0.4, 0.5) is 0 Å². The molecule has 0 saturated heterocycles. The molecule has 1 unspecified atom stereocenters. The van der Waals surface area contributed by atoms with Crippen LogP contribution in [0.25, 0.3) is 0 Å². The zero-order chi connectivity index (χ0) is 15.5. The van der Waals surface area contributed by atoms with E-state index in [4.69, 9.17) is 14.2 Å². The summed E-state index contributed by atoms with van der Waals surface area (Å²) in [5.74, 6) is -1.43. The van der Waals surface area contributed by atoms with Crippen molar-refractivity contribution in [2.75, 3.05) is 19.8 Å². The van der Waals surface area contributed by atoms with Gasteiger partial charge in [0.05, 0.1) is 6.61 Å². The first kappa shape index (κ1) is 18.8. The van der Waals surface area contributed by atoms with Crippen LogP contribution < -0.4 is 0 Å². The maximum Gasteiger partial charge on any atom is 0.316 e. The normalized spacial score (nSPS) is 13.4. The van der Waals surface area contributed by atoms with Crippen molar-refractivity contribution in [3.63, 3.8) is 0 Å². The number of ketones is 1. The number of hydrogen-bond donors (Lipinski definition) is 0. The summed E-state index contributed by atoms with van der Waals surface area (Å²) in [6.07, 6.45) is 1.68. The fourth-order valence-corrected chi connectivity index (χ4v) is 1.68. The fourth-order valence-electron chi connectivity index (χ4n) is 1.68. The van der Waals surface area contributed by atoms with E-state index in [0.29, 0.717) is 19.6 Å². The number of carbonyl (C=O) groups is 2. The van der Waals surface area contributed by atoms with E-state index in [1.165, 1.54) is 6.92 Å². The Morgan fingerprint density at radius 1 is 1.00 bits per heavy atom. The van der Waals surface area contributed by atoms with Gasteiger partial charge in [0.2, 0.25) is 0 Å². The minimum atomic E-state index is -0.756. The minimum absolute atomic E-state index is 0.197. The van der Waals surface area contributed by atoms with Gasteiger partial charge in [-0.15, -0.1) is 0 Å². The highest BCUT2D eigenvalue weighted by atomic mass is 16.7. The number of carbonyl (C=O) groups excluding carboxylic acids is 2. The molecule has 0 aromatic heterocycles. The van der Waals surface area contributed by atoms with Crippen LogP contribution in [0.1, 0.15) is 41.0 Å². The van der Waals surface area contributed by atoms with Crippen molar-refractivity contribution < 1.29 is 23.8 Å². The molecule has 0 amide bonds. The van der Waals surface area contributed by atoms with Crippen LogP contribution in [0.3, 0.4) is 0 Å². The van der Waals surface area contributed by atoms with E-state index < -0.39 is 18.2 Å². The Hall–Kier alpha value is -1.20. The van der Waals surface area contributed by atoms with Gasteiger partial charge in [-0.1, -0.05) is 6.08 Å². The second-order valence-corrected chi connectivity index (χ2v) is 4.34. The molecular formula is C15H26O5. The molecule has 0 aromatic carbocycles. The predicted molar refractivity (Wildman–Crippen MR) is 76.2 cm³/mol. The van der Waals surface area contributed by atoms with Gasteiger partial charge in [0, 0.05) is 13.2 Å². The highest BCUT2D eigenvalue weighted by Gasteiger charge is 2.24. The quantitative estimate of drug-likeness (QED) is 0.267. The molecule has 116 valence electrons. The van der Waals surface area contributed by atoms with E-state index in [9.17, 15) is 9.59 Å². The van der Waals surface area contributed by atoms with E-state index in [0.717, 1.165) is 5.57 Å². The zero-order valence-electron chi connectivity index (χ0n) is 13.1. The molecule has 0 aromatic rings. The average molecular weight is 286 g/mol. The summed E-state index contributed by atoms with van der Waals surface area (Å²) >= 11 is 0. The van der Waals surface area contributed by atoms with Gasteiger partial charge >= 0.3 is 5.97 Å².